The smallest absolute Gasteiger partial charge is 0.101 e. The van der Waals surface area contributed by atoms with Crippen molar-refractivity contribution in [1.82, 2.24) is 0 Å². The SMILES string of the molecule is CCCC[Si](N)([SiH3])CCCC. The van der Waals surface area contributed by atoms with E-state index in [1.807, 2.05) is 0 Å². The number of hydrogen-bond donors (Lipinski definition) is 1. The second kappa shape index (κ2) is 5.97. The van der Waals surface area contributed by atoms with E-state index in [-0.39, 0.29) is 0 Å². The van der Waals surface area contributed by atoms with Gasteiger partial charge in [-0.1, -0.05) is 39.5 Å². The van der Waals surface area contributed by atoms with E-state index < -0.39 is 7.75 Å². The molecule has 0 aliphatic heterocycles. The summed E-state index contributed by atoms with van der Waals surface area (Å²) in [5, 5.41) is 6.29. The number of nitrogens with two attached hydrogens (primary N) is 1. The quantitative estimate of drug-likeness (QED) is 0.627. The van der Waals surface area contributed by atoms with Crippen molar-refractivity contribution >= 4 is 17.5 Å². The lowest BCUT2D eigenvalue weighted by atomic mass is 10.4. The van der Waals surface area contributed by atoms with Crippen LogP contribution in [0.2, 0.25) is 12.1 Å². The van der Waals surface area contributed by atoms with Gasteiger partial charge >= 0.3 is 0 Å². The van der Waals surface area contributed by atoms with E-state index in [2.05, 4.69) is 13.8 Å². The minimum Gasteiger partial charge on any atom is -0.353 e. The van der Waals surface area contributed by atoms with E-state index in [9.17, 15) is 0 Å². The van der Waals surface area contributed by atoms with Crippen molar-refractivity contribution in [3.8, 4) is 0 Å². The fourth-order valence-electron chi connectivity index (χ4n) is 1.29. The Labute approximate surface area is 75.1 Å². The lowest BCUT2D eigenvalue weighted by Crippen LogP contribution is -2.46. The van der Waals surface area contributed by atoms with E-state index in [4.69, 9.17) is 5.40 Å². The molecule has 0 radical (unpaired) electrons. The number of hydrogen-bond acceptors (Lipinski definition) is 1. The highest BCUT2D eigenvalue weighted by Crippen LogP contribution is 2.12. The fourth-order valence-corrected chi connectivity index (χ4v) is 5.98. The summed E-state index contributed by atoms with van der Waals surface area (Å²) in [5.74, 6) is 0. The topological polar surface area (TPSA) is 26.0 Å². The maximum Gasteiger partial charge on any atom is 0.101 e. The molecule has 3 heteroatoms. The molecule has 68 valence electrons. The first-order valence-electron chi connectivity index (χ1n) is 4.91. The van der Waals surface area contributed by atoms with Crippen LogP contribution in [0.15, 0.2) is 0 Å². The van der Waals surface area contributed by atoms with Crippen LogP contribution < -0.4 is 5.40 Å². The minimum absolute atomic E-state index is 1.11. The van der Waals surface area contributed by atoms with Crippen LogP contribution >= 0.6 is 0 Å². The van der Waals surface area contributed by atoms with E-state index in [0.29, 0.717) is 0 Å². The molecule has 0 aromatic heterocycles. The van der Waals surface area contributed by atoms with Crippen molar-refractivity contribution < 1.29 is 0 Å². The third-order valence-corrected chi connectivity index (χ3v) is 8.19. The van der Waals surface area contributed by atoms with Crippen molar-refractivity contribution in [3.63, 3.8) is 0 Å². The highest BCUT2D eigenvalue weighted by molar-refractivity contribution is 7.15. The zero-order chi connectivity index (χ0) is 8.74. The summed E-state index contributed by atoms with van der Waals surface area (Å²) < 4.78 is 0. The highest BCUT2D eigenvalue weighted by atomic mass is 29.2. The molecule has 1 nitrogen and oxygen atoms in total. The molecule has 0 saturated heterocycles. The van der Waals surface area contributed by atoms with Crippen LogP contribution in [0.1, 0.15) is 39.5 Å². The van der Waals surface area contributed by atoms with Gasteiger partial charge in [-0.15, -0.1) is 0 Å². The molecule has 0 saturated carbocycles. The van der Waals surface area contributed by atoms with Gasteiger partial charge in [0.1, 0.15) is 7.75 Å². The monoisotopic (exact) mass is 189 g/mol. The van der Waals surface area contributed by atoms with Gasteiger partial charge in [0.15, 0.2) is 0 Å². The van der Waals surface area contributed by atoms with Gasteiger partial charge in [-0.05, 0) is 12.1 Å². The summed E-state index contributed by atoms with van der Waals surface area (Å²) in [6.07, 6.45) is 5.38. The predicted octanol–water partition coefficient (Wildman–Crippen LogP) is 1.35. The molecule has 11 heavy (non-hydrogen) atoms. The Morgan fingerprint density at radius 2 is 1.45 bits per heavy atom. The van der Waals surface area contributed by atoms with Gasteiger partial charge in [0.2, 0.25) is 0 Å². The summed E-state index contributed by atoms with van der Waals surface area (Å²) in [5.41, 5.74) is 0. The largest absolute Gasteiger partial charge is 0.353 e. The Morgan fingerprint density at radius 3 is 1.73 bits per heavy atom. The first kappa shape index (κ1) is 11.4. The average Bonchev–Trinajstić information content (AvgIpc) is 1.97. The number of rotatable bonds is 6. The second-order valence-corrected chi connectivity index (χ2v) is 14.1. The molecule has 0 rings (SSSR count). The minimum atomic E-state index is -1.11. The van der Waals surface area contributed by atoms with E-state index in [0.717, 1.165) is 0 Å². The predicted molar refractivity (Wildman–Crippen MR) is 59.3 cm³/mol. The Bertz CT molecular complexity index is 84.1. The van der Waals surface area contributed by atoms with Gasteiger partial charge in [0.25, 0.3) is 0 Å². The molecule has 0 bridgehead atoms. The van der Waals surface area contributed by atoms with E-state index >= 15 is 0 Å². The Balaban J connectivity index is 3.43. The van der Waals surface area contributed by atoms with Gasteiger partial charge in [0.05, 0.1) is 0 Å². The van der Waals surface area contributed by atoms with Gasteiger partial charge in [-0.3, -0.25) is 0 Å². The standard InChI is InChI=1S/C8H23NSi2/c1-3-5-7-11(9,10)8-6-4-2/h3-9H2,1-2,10H3. The zero-order valence-electron chi connectivity index (χ0n) is 8.32. The van der Waals surface area contributed by atoms with Crippen molar-refractivity contribution in [1.29, 1.82) is 0 Å². The van der Waals surface area contributed by atoms with Crippen LogP contribution in [0.3, 0.4) is 0 Å². The van der Waals surface area contributed by atoms with Gasteiger partial charge in [0, 0.05) is 9.76 Å². The summed E-state index contributed by atoms with van der Waals surface area (Å²) in [6.45, 7) is 4.51. The zero-order valence-corrected chi connectivity index (χ0v) is 11.3. The summed E-state index contributed by atoms with van der Waals surface area (Å²) in [4.78, 5) is 0. The molecule has 0 aliphatic carbocycles. The molecule has 2 N–H and O–H groups in total. The van der Waals surface area contributed by atoms with Crippen molar-refractivity contribution in [2.45, 2.75) is 51.6 Å². The fraction of sp³-hybridized carbons (Fsp3) is 1.00. The molecule has 0 aliphatic rings. The van der Waals surface area contributed by atoms with Crippen LogP contribution in [-0.2, 0) is 0 Å². The first-order valence-corrected chi connectivity index (χ1v) is 10.9. The summed E-state index contributed by atoms with van der Waals surface area (Å²) in [7, 11) is 0.187. The summed E-state index contributed by atoms with van der Waals surface area (Å²) >= 11 is 0. The maximum atomic E-state index is 6.29. The van der Waals surface area contributed by atoms with Crippen LogP contribution in [0.4, 0.5) is 0 Å². The van der Waals surface area contributed by atoms with Crippen LogP contribution in [0.5, 0.6) is 0 Å². The highest BCUT2D eigenvalue weighted by Gasteiger charge is 2.19. The molecule has 0 spiro atoms. The first-order chi connectivity index (χ1) is 5.12. The third kappa shape index (κ3) is 6.78. The average molecular weight is 189 g/mol. The van der Waals surface area contributed by atoms with Crippen molar-refractivity contribution in [2.24, 2.45) is 5.40 Å². The second-order valence-electron chi connectivity index (χ2n) is 3.86. The molecule has 0 heterocycles. The lowest BCUT2D eigenvalue weighted by Gasteiger charge is -2.21. The Kier molecular flexibility index (Phi) is 6.18. The van der Waals surface area contributed by atoms with Crippen LogP contribution in [0.25, 0.3) is 0 Å². The van der Waals surface area contributed by atoms with Gasteiger partial charge < -0.3 is 5.40 Å². The number of unbranched alkanes of at least 4 members (excludes halogenated alkanes) is 2. The molecule has 0 aromatic rings. The lowest BCUT2D eigenvalue weighted by molar-refractivity contribution is 0.835. The van der Waals surface area contributed by atoms with Gasteiger partial charge in [-0.2, -0.15) is 0 Å². The Hall–Kier alpha value is 0.394. The van der Waals surface area contributed by atoms with Crippen molar-refractivity contribution in [2.75, 3.05) is 0 Å². The summed E-state index contributed by atoms with van der Waals surface area (Å²) in [6, 6.07) is 2.77. The van der Waals surface area contributed by atoms with Gasteiger partial charge in [-0.25, -0.2) is 0 Å². The van der Waals surface area contributed by atoms with Crippen LogP contribution in [-0.4, -0.2) is 17.5 Å². The Morgan fingerprint density at radius 1 is 1.09 bits per heavy atom. The molecule has 0 unspecified atom stereocenters. The maximum absolute atomic E-state index is 6.29. The van der Waals surface area contributed by atoms with E-state index in [1.165, 1.54) is 47.5 Å². The van der Waals surface area contributed by atoms with E-state index in [1.54, 1.807) is 0 Å². The van der Waals surface area contributed by atoms with Crippen LogP contribution in [0, 0.1) is 0 Å². The molecular formula is C8H23NSi2. The van der Waals surface area contributed by atoms with Crippen molar-refractivity contribution in [3.05, 3.63) is 0 Å². The molecule has 0 amide bonds. The molecular weight excluding hydrogens is 166 g/mol. The molecule has 0 aromatic carbocycles. The normalized spacial score (nSPS) is 12.3. The third-order valence-electron chi connectivity index (χ3n) is 2.20. The molecule has 0 fully saturated rings. The molecule has 0 atom stereocenters.